The summed E-state index contributed by atoms with van der Waals surface area (Å²) in [6.45, 7) is 5.51. The molecule has 156 valence electrons. The van der Waals surface area contributed by atoms with Gasteiger partial charge in [0.15, 0.2) is 6.10 Å². The Hall–Kier alpha value is -3.75. The lowest BCUT2D eigenvalue weighted by Gasteiger charge is -2.17. The molecule has 2 amide bonds. The number of carbonyl (C=O) groups excluding carboxylic acids is 2. The van der Waals surface area contributed by atoms with Gasteiger partial charge in [-0.2, -0.15) is 4.98 Å². The van der Waals surface area contributed by atoms with Gasteiger partial charge in [0.25, 0.3) is 5.91 Å². The average Bonchev–Trinajstić information content (AvgIpc) is 3.23. The number of aryl methyl sites for hydroxylation is 2. The third-order valence-corrected chi connectivity index (χ3v) is 4.51. The van der Waals surface area contributed by atoms with Crippen molar-refractivity contribution < 1.29 is 18.8 Å². The molecule has 2 aromatic heterocycles. The quantitative estimate of drug-likeness (QED) is 0.575. The first-order valence-corrected chi connectivity index (χ1v) is 9.48. The molecule has 30 heavy (non-hydrogen) atoms. The van der Waals surface area contributed by atoms with E-state index in [1.807, 2.05) is 32.0 Å². The highest BCUT2D eigenvalue weighted by Crippen LogP contribution is 2.21. The number of nitrogens with zero attached hydrogens (tertiary/aromatic N) is 3. The van der Waals surface area contributed by atoms with Crippen LogP contribution in [0.1, 0.15) is 30.4 Å². The van der Waals surface area contributed by atoms with Gasteiger partial charge >= 0.3 is 0 Å². The highest BCUT2D eigenvalue weighted by Gasteiger charge is 2.17. The number of hydrogen-bond acceptors (Lipinski definition) is 7. The Morgan fingerprint density at radius 1 is 1.17 bits per heavy atom. The minimum atomic E-state index is -0.774. The van der Waals surface area contributed by atoms with E-state index >= 15 is 0 Å². The van der Waals surface area contributed by atoms with Crippen LogP contribution in [0.4, 0.5) is 0 Å². The van der Waals surface area contributed by atoms with Crippen molar-refractivity contribution in [1.82, 2.24) is 26.0 Å². The highest BCUT2D eigenvalue weighted by atomic mass is 16.5. The Balaban J connectivity index is 1.43. The molecule has 0 fully saturated rings. The first-order valence-electron chi connectivity index (χ1n) is 9.48. The van der Waals surface area contributed by atoms with Crippen LogP contribution in [0.2, 0.25) is 0 Å². The number of rotatable bonds is 7. The molecule has 0 saturated heterocycles. The van der Waals surface area contributed by atoms with Crippen molar-refractivity contribution in [3.8, 4) is 17.1 Å². The van der Waals surface area contributed by atoms with E-state index < -0.39 is 12.0 Å². The molecule has 1 aromatic carbocycles. The minimum Gasteiger partial charge on any atom is -0.481 e. The standard InChI is InChI=1S/C21H23N5O4/c1-13-6-4-8-17(14(13)2)29-15(3)21(28)25-24-18(27)9-10-19-23-20(26-30-19)16-7-5-11-22-12-16/h4-8,11-12,15H,9-10H2,1-3H3,(H,24,27)(H,25,28). The van der Waals surface area contributed by atoms with Crippen LogP contribution in [0, 0.1) is 13.8 Å². The van der Waals surface area contributed by atoms with Gasteiger partial charge in [-0.3, -0.25) is 25.4 Å². The molecule has 0 bridgehead atoms. The van der Waals surface area contributed by atoms with Crippen LogP contribution < -0.4 is 15.6 Å². The Morgan fingerprint density at radius 3 is 2.77 bits per heavy atom. The Kier molecular flexibility index (Phi) is 6.74. The minimum absolute atomic E-state index is 0.0706. The van der Waals surface area contributed by atoms with Gasteiger partial charge in [-0.1, -0.05) is 17.3 Å². The second-order valence-corrected chi connectivity index (χ2v) is 6.75. The zero-order valence-corrected chi connectivity index (χ0v) is 17.0. The Labute approximate surface area is 173 Å². The van der Waals surface area contributed by atoms with Gasteiger partial charge in [0.2, 0.25) is 17.6 Å². The Morgan fingerprint density at radius 2 is 2.00 bits per heavy atom. The van der Waals surface area contributed by atoms with Crippen LogP contribution in [0.5, 0.6) is 5.75 Å². The van der Waals surface area contributed by atoms with Crippen molar-refractivity contribution in [2.45, 2.75) is 39.7 Å². The summed E-state index contributed by atoms with van der Waals surface area (Å²) < 4.78 is 10.8. The summed E-state index contributed by atoms with van der Waals surface area (Å²) in [4.78, 5) is 32.4. The molecule has 0 aliphatic carbocycles. The summed E-state index contributed by atoms with van der Waals surface area (Å²) in [7, 11) is 0. The molecule has 3 rings (SSSR count). The summed E-state index contributed by atoms with van der Waals surface area (Å²) >= 11 is 0. The molecule has 0 spiro atoms. The zero-order chi connectivity index (χ0) is 21.5. The second kappa shape index (κ2) is 9.64. The molecule has 2 heterocycles. The summed E-state index contributed by atoms with van der Waals surface area (Å²) in [6, 6.07) is 9.21. The number of nitrogens with one attached hydrogen (secondary N) is 2. The van der Waals surface area contributed by atoms with E-state index in [1.165, 1.54) is 0 Å². The number of benzene rings is 1. The van der Waals surface area contributed by atoms with E-state index in [-0.39, 0.29) is 18.7 Å². The monoisotopic (exact) mass is 409 g/mol. The zero-order valence-electron chi connectivity index (χ0n) is 17.0. The normalized spacial score (nSPS) is 11.6. The molecule has 0 aliphatic heterocycles. The van der Waals surface area contributed by atoms with Gasteiger partial charge in [0.05, 0.1) is 0 Å². The first-order chi connectivity index (χ1) is 14.4. The van der Waals surface area contributed by atoms with Crippen molar-refractivity contribution >= 4 is 11.8 Å². The van der Waals surface area contributed by atoms with Crippen LogP contribution in [0.3, 0.4) is 0 Å². The lowest BCUT2D eigenvalue weighted by Crippen LogP contribution is -2.47. The fourth-order valence-electron chi connectivity index (χ4n) is 2.58. The van der Waals surface area contributed by atoms with Crippen LogP contribution in [-0.4, -0.2) is 33.0 Å². The van der Waals surface area contributed by atoms with Crippen molar-refractivity contribution in [3.63, 3.8) is 0 Å². The van der Waals surface area contributed by atoms with Crippen molar-refractivity contribution in [2.75, 3.05) is 0 Å². The number of pyridine rings is 1. The third-order valence-electron chi connectivity index (χ3n) is 4.51. The first kappa shape index (κ1) is 21.0. The molecule has 9 nitrogen and oxygen atoms in total. The number of hydrazine groups is 1. The number of hydrogen-bond donors (Lipinski definition) is 2. The lowest BCUT2D eigenvalue weighted by molar-refractivity contribution is -0.132. The van der Waals surface area contributed by atoms with Crippen LogP contribution in [-0.2, 0) is 16.0 Å². The molecule has 1 atom stereocenters. The van der Waals surface area contributed by atoms with E-state index in [4.69, 9.17) is 9.26 Å². The molecule has 0 radical (unpaired) electrons. The second-order valence-electron chi connectivity index (χ2n) is 6.75. The predicted molar refractivity (Wildman–Crippen MR) is 108 cm³/mol. The lowest BCUT2D eigenvalue weighted by atomic mass is 10.1. The summed E-state index contributed by atoms with van der Waals surface area (Å²) in [5.74, 6) is 0.514. The molecule has 1 unspecified atom stereocenters. The van der Waals surface area contributed by atoms with Crippen molar-refractivity contribution in [1.29, 1.82) is 0 Å². The van der Waals surface area contributed by atoms with Gasteiger partial charge in [-0.25, -0.2) is 0 Å². The summed E-state index contributed by atoms with van der Waals surface area (Å²) in [5, 5.41) is 3.87. The molecular weight excluding hydrogens is 386 g/mol. The van der Waals surface area contributed by atoms with Gasteiger partial charge < -0.3 is 9.26 Å². The number of ether oxygens (including phenoxy) is 1. The number of carbonyl (C=O) groups is 2. The maximum Gasteiger partial charge on any atom is 0.279 e. The maximum absolute atomic E-state index is 12.2. The van der Waals surface area contributed by atoms with Crippen LogP contribution in [0.15, 0.2) is 47.2 Å². The molecular formula is C21H23N5O4. The van der Waals surface area contributed by atoms with Crippen LogP contribution in [0.25, 0.3) is 11.4 Å². The van der Waals surface area contributed by atoms with E-state index in [2.05, 4.69) is 26.0 Å². The summed E-state index contributed by atoms with van der Waals surface area (Å²) in [5.41, 5.74) is 7.49. The van der Waals surface area contributed by atoms with Gasteiger partial charge in [0, 0.05) is 30.8 Å². The Bertz CT molecular complexity index is 1020. The van der Waals surface area contributed by atoms with Gasteiger partial charge in [-0.05, 0) is 50.1 Å². The number of amides is 2. The molecule has 0 saturated carbocycles. The van der Waals surface area contributed by atoms with E-state index in [0.29, 0.717) is 17.5 Å². The highest BCUT2D eigenvalue weighted by molar-refractivity contribution is 5.84. The largest absolute Gasteiger partial charge is 0.481 e. The maximum atomic E-state index is 12.2. The third kappa shape index (κ3) is 5.40. The predicted octanol–water partition coefficient (Wildman–Crippen LogP) is 2.30. The van der Waals surface area contributed by atoms with E-state index in [0.717, 1.165) is 16.7 Å². The van der Waals surface area contributed by atoms with Gasteiger partial charge in [0.1, 0.15) is 5.75 Å². The molecule has 9 heteroatoms. The molecule has 3 aromatic rings. The summed E-state index contributed by atoms with van der Waals surface area (Å²) in [6.07, 6.45) is 2.81. The van der Waals surface area contributed by atoms with Gasteiger partial charge in [-0.15, -0.1) is 0 Å². The average molecular weight is 409 g/mol. The molecule has 0 aliphatic rings. The molecule has 2 N–H and O–H groups in total. The fourth-order valence-corrected chi connectivity index (χ4v) is 2.58. The topological polar surface area (TPSA) is 119 Å². The number of aromatic nitrogens is 3. The van der Waals surface area contributed by atoms with E-state index in [9.17, 15) is 9.59 Å². The van der Waals surface area contributed by atoms with Crippen molar-refractivity contribution in [2.24, 2.45) is 0 Å². The fraction of sp³-hybridized carbons (Fsp3) is 0.286. The SMILES string of the molecule is Cc1cccc(OC(C)C(=O)NNC(=O)CCc2nc(-c3cccnc3)no2)c1C. The van der Waals surface area contributed by atoms with E-state index in [1.54, 1.807) is 31.5 Å². The van der Waals surface area contributed by atoms with Crippen molar-refractivity contribution in [3.05, 3.63) is 59.7 Å². The smallest absolute Gasteiger partial charge is 0.279 e. The van der Waals surface area contributed by atoms with Crippen LogP contribution >= 0.6 is 0 Å².